The van der Waals surface area contributed by atoms with E-state index < -0.39 is 0 Å². The number of imidazole rings is 1. The number of aryl methyl sites for hydroxylation is 1. The lowest BCUT2D eigenvalue weighted by Crippen LogP contribution is -2.44. The van der Waals surface area contributed by atoms with E-state index in [-0.39, 0.29) is 0 Å². The first kappa shape index (κ1) is 32.5. The number of fused-ring (bicyclic) bond motifs is 2. The molecule has 2 aromatic heterocycles. The molecule has 0 aliphatic rings. The van der Waals surface area contributed by atoms with Crippen LogP contribution in [-0.2, 0) is 6.67 Å². The Hall–Kier alpha value is -2.73. The number of nitrogens with zero attached hydrogens (tertiary/aromatic N) is 5. The van der Waals surface area contributed by atoms with E-state index in [4.69, 9.17) is 0 Å². The molecular weight excluding hydrogens is 480 g/mol. The Morgan fingerprint density at radius 3 is 2.05 bits per heavy atom. The monoisotopic (exact) mass is 534 g/mol. The highest BCUT2D eigenvalue weighted by atomic mass is 15.5. The maximum absolute atomic E-state index is 4.55. The lowest BCUT2D eigenvalue weighted by atomic mass is 9.98. The molecule has 0 saturated carbocycles. The third-order valence-corrected chi connectivity index (χ3v) is 7.53. The van der Waals surface area contributed by atoms with E-state index in [1.807, 2.05) is 38.1 Å². The minimum Gasteiger partial charge on any atom is -0.345 e. The van der Waals surface area contributed by atoms with E-state index in [0.717, 1.165) is 28.7 Å². The number of aromatic amines is 1. The lowest BCUT2D eigenvalue weighted by molar-refractivity contribution is 0.0691. The first-order valence-electron chi connectivity index (χ1n) is 15.5. The van der Waals surface area contributed by atoms with E-state index in [9.17, 15) is 0 Å². The third-order valence-electron chi connectivity index (χ3n) is 7.53. The van der Waals surface area contributed by atoms with Crippen molar-refractivity contribution in [3.8, 4) is 0 Å². The van der Waals surface area contributed by atoms with Crippen LogP contribution < -0.4 is 0 Å². The molecule has 2 aromatic carbocycles. The molecule has 6 nitrogen and oxygen atoms in total. The number of unbranched alkanes of at least 4 members (excludes halogenated alkanes) is 4. The molecule has 4 aromatic rings. The number of benzene rings is 2. The van der Waals surface area contributed by atoms with Gasteiger partial charge in [-0.05, 0) is 56.4 Å². The number of hydrogen-bond donors (Lipinski definition) is 1. The van der Waals surface area contributed by atoms with Crippen molar-refractivity contribution < 1.29 is 0 Å². The summed E-state index contributed by atoms with van der Waals surface area (Å²) in [4.78, 5) is 9.82. The molecule has 4 rings (SSSR count). The van der Waals surface area contributed by atoms with Crippen LogP contribution >= 0.6 is 0 Å². The van der Waals surface area contributed by atoms with Crippen LogP contribution in [0.3, 0.4) is 0 Å². The van der Waals surface area contributed by atoms with Crippen LogP contribution in [0.25, 0.3) is 22.1 Å². The zero-order chi connectivity index (χ0) is 28.5. The van der Waals surface area contributed by atoms with Crippen LogP contribution in [-0.4, -0.2) is 41.9 Å². The molecule has 1 N–H and O–H groups in total. The Morgan fingerprint density at radius 2 is 1.46 bits per heavy atom. The summed E-state index contributed by atoms with van der Waals surface area (Å²) in [5, 5.41) is 9.03. The molecule has 0 aliphatic carbocycles. The Bertz CT molecular complexity index is 1120. The fourth-order valence-electron chi connectivity index (χ4n) is 5.27. The Labute approximate surface area is 237 Å². The molecule has 2 unspecified atom stereocenters. The summed E-state index contributed by atoms with van der Waals surface area (Å²) in [6.45, 7) is 16.3. The summed E-state index contributed by atoms with van der Waals surface area (Å²) in [5.74, 6) is 0. The summed E-state index contributed by atoms with van der Waals surface area (Å²) < 4.78 is 2.13. The topological polar surface area (TPSA) is 62.6 Å². The van der Waals surface area contributed by atoms with Crippen LogP contribution in [0.5, 0.6) is 0 Å². The van der Waals surface area contributed by atoms with E-state index in [0.29, 0.717) is 12.1 Å². The van der Waals surface area contributed by atoms with Gasteiger partial charge in [0.05, 0.1) is 29.5 Å². The smallest absolute Gasteiger partial charge is 0.116 e. The van der Waals surface area contributed by atoms with Crippen molar-refractivity contribution in [2.45, 2.75) is 131 Å². The van der Waals surface area contributed by atoms with Gasteiger partial charge in [0.2, 0.25) is 0 Å². The molecule has 2 heterocycles. The highest BCUT2D eigenvalue weighted by Crippen LogP contribution is 2.24. The maximum Gasteiger partial charge on any atom is 0.116 e. The molecular formula is C33H54N6. The average molecular weight is 535 g/mol. The van der Waals surface area contributed by atoms with Crippen molar-refractivity contribution in [1.82, 2.24) is 29.9 Å². The van der Waals surface area contributed by atoms with Crippen molar-refractivity contribution >= 4 is 22.1 Å². The number of H-pyrrole nitrogens is 1. The molecule has 0 saturated heterocycles. The zero-order valence-corrected chi connectivity index (χ0v) is 25.8. The molecule has 0 fully saturated rings. The van der Waals surface area contributed by atoms with E-state index in [2.05, 4.69) is 82.7 Å². The van der Waals surface area contributed by atoms with Gasteiger partial charge in [-0.2, -0.15) is 0 Å². The minimum absolute atomic E-state index is 0.627. The van der Waals surface area contributed by atoms with E-state index in [1.54, 1.807) is 6.33 Å². The molecule has 0 aliphatic heterocycles. The number of nitrogens with one attached hydrogen (secondary N) is 1. The largest absolute Gasteiger partial charge is 0.345 e. The molecule has 0 bridgehead atoms. The van der Waals surface area contributed by atoms with Crippen LogP contribution in [0, 0.1) is 6.92 Å². The summed E-state index contributed by atoms with van der Waals surface area (Å²) >= 11 is 0. The zero-order valence-electron chi connectivity index (χ0n) is 25.8. The van der Waals surface area contributed by atoms with Gasteiger partial charge in [-0.25, -0.2) is 9.67 Å². The van der Waals surface area contributed by atoms with E-state index in [1.165, 1.54) is 69.8 Å². The van der Waals surface area contributed by atoms with Gasteiger partial charge in [-0.1, -0.05) is 110 Å². The number of hydrogen-bond acceptors (Lipinski definition) is 4. The van der Waals surface area contributed by atoms with Crippen molar-refractivity contribution in [2.24, 2.45) is 0 Å². The van der Waals surface area contributed by atoms with Crippen molar-refractivity contribution in [2.75, 3.05) is 0 Å². The van der Waals surface area contributed by atoms with Crippen LogP contribution in [0.15, 0.2) is 48.8 Å². The maximum atomic E-state index is 4.55. The molecule has 2 atom stereocenters. The molecule has 216 valence electrons. The minimum atomic E-state index is 0.627. The van der Waals surface area contributed by atoms with Gasteiger partial charge in [0.15, 0.2) is 0 Å². The first-order chi connectivity index (χ1) is 19.1. The quantitative estimate of drug-likeness (QED) is 0.164. The normalized spacial score (nSPS) is 12.6. The predicted octanol–water partition coefficient (Wildman–Crippen LogP) is 9.31. The molecule has 6 heteroatoms. The summed E-state index contributed by atoms with van der Waals surface area (Å²) in [5.41, 5.74) is 5.53. The second-order valence-corrected chi connectivity index (χ2v) is 10.2. The average Bonchev–Trinajstić information content (AvgIpc) is 3.62. The summed E-state index contributed by atoms with van der Waals surface area (Å²) in [6, 6.07) is 15.6. The molecule has 0 radical (unpaired) electrons. The van der Waals surface area contributed by atoms with Gasteiger partial charge in [0.1, 0.15) is 5.52 Å². The Morgan fingerprint density at radius 1 is 0.821 bits per heavy atom. The van der Waals surface area contributed by atoms with E-state index >= 15 is 0 Å². The number of para-hydroxylation sites is 2. The third kappa shape index (κ3) is 9.75. The Balaban J connectivity index is 0.000000400. The van der Waals surface area contributed by atoms with Gasteiger partial charge in [0, 0.05) is 12.1 Å². The molecule has 39 heavy (non-hydrogen) atoms. The van der Waals surface area contributed by atoms with Crippen molar-refractivity contribution in [3.05, 3.63) is 54.4 Å². The summed E-state index contributed by atoms with van der Waals surface area (Å²) in [6.07, 6.45) is 14.6. The highest BCUT2D eigenvalue weighted by molar-refractivity contribution is 5.77. The standard InChI is InChI=1S/C24H42N4.C7H6N2.C2H6/c1-6-10-12-16-21(8-3)27(22(9-4)17-13-11-7-2)19-28-23-18-14-15-20(5)24(23)25-26-28;1-2-4-7-6(3-1)8-5-9-7;1-2/h14-15,18,21-22H,6-13,16-17,19H2,1-5H3;1-5H,(H,8,9);1-2H3. The van der Waals surface area contributed by atoms with Crippen LogP contribution in [0.4, 0.5) is 0 Å². The van der Waals surface area contributed by atoms with Crippen molar-refractivity contribution in [3.63, 3.8) is 0 Å². The second-order valence-electron chi connectivity index (χ2n) is 10.2. The van der Waals surface area contributed by atoms with Crippen LogP contribution in [0.1, 0.15) is 111 Å². The lowest BCUT2D eigenvalue weighted by Gasteiger charge is -2.38. The van der Waals surface area contributed by atoms with Crippen LogP contribution in [0.2, 0.25) is 0 Å². The van der Waals surface area contributed by atoms with Crippen molar-refractivity contribution in [1.29, 1.82) is 0 Å². The number of rotatable bonds is 14. The fourth-order valence-corrected chi connectivity index (χ4v) is 5.27. The molecule has 0 amide bonds. The van der Waals surface area contributed by atoms with Gasteiger partial charge >= 0.3 is 0 Å². The first-order valence-corrected chi connectivity index (χ1v) is 15.5. The Kier molecular flexibility index (Phi) is 15.4. The van der Waals surface area contributed by atoms with Gasteiger partial charge < -0.3 is 4.98 Å². The fraction of sp³-hybridized carbons (Fsp3) is 0.606. The second kappa shape index (κ2) is 18.5. The summed E-state index contributed by atoms with van der Waals surface area (Å²) in [7, 11) is 0. The van der Waals surface area contributed by atoms with Gasteiger partial charge in [0.25, 0.3) is 0 Å². The highest BCUT2D eigenvalue weighted by Gasteiger charge is 2.25. The predicted molar refractivity (Wildman–Crippen MR) is 168 cm³/mol. The number of aromatic nitrogens is 5. The molecule has 0 spiro atoms. The van der Waals surface area contributed by atoms with Gasteiger partial charge in [-0.15, -0.1) is 5.10 Å². The van der Waals surface area contributed by atoms with Gasteiger partial charge in [-0.3, -0.25) is 4.90 Å². The SMILES string of the molecule is CC.CCCCCC(CC)N(Cn1nnc2c(C)cccc21)C(CC)CCCCC.c1ccc2[nH]cnc2c1.